The summed E-state index contributed by atoms with van der Waals surface area (Å²) in [6, 6.07) is 0. The Kier molecular flexibility index (Phi) is 5.48. The zero-order valence-corrected chi connectivity index (χ0v) is 11.9. The van der Waals surface area contributed by atoms with Gasteiger partial charge >= 0.3 is 11.9 Å². The molecule has 118 valence electrons. The highest BCUT2D eigenvalue weighted by molar-refractivity contribution is 5.87. The van der Waals surface area contributed by atoms with Crippen LogP contribution in [-0.4, -0.2) is 47.2 Å². The number of nitrogens with zero attached hydrogens (tertiary/aromatic N) is 1. The quantitative estimate of drug-likeness (QED) is 0.444. The number of aldehydes is 1. The van der Waals surface area contributed by atoms with Gasteiger partial charge < -0.3 is 19.5 Å². The predicted octanol–water partition coefficient (Wildman–Crippen LogP) is 0.978. The van der Waals surface area contributed by atoms with Crippen molar-refractivity contribution in [1.82, 2.24) is 4.90 Å². The molecule has 0 aromatic rings. The van der Waals surface area contributed by atoms with E-state index in [1.807, 2.05) is 0 Å². The summed E-state index contributed by atoms with van der Waals surface area (Å²) in [5, 5.41) is 9.01. The summed E-state index contributed by atoms with van der Waals surface area (Å²) in [4.78, 5) is 34.0. The van der Waals surface area contributed by atoms with Crippen LogP contribution in [0.1, 0.15) is 19.3 Å². The number of aliphatic carboxylic acids is 1. The molecule has 2 atom stereocenters. The average molecular weight is 307 g/mol. The van der Waals surface area contributed by atoms with Gasteiger partial charge in [0.25, 0.3) is 0 Å². The number of hydrogen-bond acceptors (Lipinski definition) is 6. The molecule has 2 aliphatic heterocycles. The number of rotatable bonds is 6. The van der Waals surface area contributed by atoms with E-state index in [1.165, 1.54) is 0 Å². The van der Waals surface area contributed by atoms with Crippen molar-refractivity contribution in [1.29, 1.82) is 0 Å². The van der Waals surface area contributed by atoms with Gasteiger partial charge in [0.2, 0.25) is 0 Å². The first-order chi connectivity index (χ1) is 10.6. The van der Waals surface area contributed by atoms with Gasteiger partial charge in [-0.1, -0.05) is 6.08 Å². The molecular weight excluding hydrogens is 290 g/mol. The van der Waals surface area contributed by atoms with Crippen LogP contribution in [-0.2, 0) is 23.9 Å². The molecule has 0 aliphatic carbocycles. The molecule has 2 rings (SSSR count). The van der Waals surface area contributed by atoms with E-state index < -0.39 is 11.9 Å². The smallest absolute Gasteiger partial charge is 0.333 e. The minimum Gasteiger partial charge on any atom is -0.478 e. The van der Waals surface area contributed by atoms with Crippen molar-refractivity contribution in [3.05, 3.63) is 36.2 Å². The fraction of sp³-hybridized carbons (Fsp3) is 0.400. The lowest BCUT2D eigenvalue weighted by Crippen LogP contribution is -2.30. The van der Waals surface area contributed by atoms with Crippen LogP contribution in [0.25, 0.3) is 0 Å². The van der Waals surface area contributed by atoms with Crippen molar-refractivity contribution < 1.29 is 29.0 Å². The summed E-state index contributed by atoms with van der Waals surface area (Å²) >= 11 is 0. The number of ether oxygens (including phenoxy) is 2. The third kappa shape index (κ3) is 4.29. The van der Waals surface area contributed by atoms with E-state index in [2.05, 4.69) is 0 Å². The SMILES string of the molecule is O=C/C=C/C(=O)OCC1CCC(N2C=CCC(C(=O)O)=C2)O1. The second kappa shape index (κ2) is 7.56. The van der Waals surface area contributed by atoms with Gasteiger partial charge in [0.15, 0.2) is 0 Å². The van der Waals surface area contributed by atoms with Crippen LogP contribution in [0.15, 0.2) is 36.2 Å². The molecule has 0 spiro atoms. The lowest BCUT2D eigenvalue weighted by Gasteiger charge is -2.26. The van der Waals surface area contributed by atoms with Gasteiger partial charge in [-0.3, -0.25) is 4.79 Å². The van der Waals surface area contributed by atoms with E-state index in [0.717, 1.165) is 12.2 Å². The maximum absolute atomic E-state index is 11.2. The molecule has 0 saturated carbocycles. The Morgan fingerprint density at radius 3 is 3.00 bits per heavy atom. The molecule has 22 heavy (non-hydrogen) atoms. The Labute approximate surface area is 127 Å². The molecule has 0 radical (unpaired) electrons. The third-order valence-electron chi connectivity index (χ3n) is 3.33. The molecular formula is C15H17NO6. The van der Waals surface area contributed by atoms with Crippen molar-refractivity contribution in [3.8, 4) is 0 Å². The van der Waals surface area contributed by atoms with Gasteiger partial charge in [-0.15, -0.1) is 0 Å². The molecule has 0 aromatic heterocycles. The fourth-order valence-corrected chi connectivity index (χ4v) is 2.27. The number of carbonyl (C=O) groups is 3. The van der Waals surface area contributed by atoms with Crippen LogP contribution >= 0.6 is 0 Å². The first kappa shape index (κ1) is 16.0. The number of carboxylic acids is 1. The van der Waals surface area contributed by atoms with Crippen molar-refractivity contribution in [2.45, 2.75) is 31.6 Å². The minimum atomic E-state index is -0.945. The summed E-state index contributed by atoms with van der Waals surface area (Å²) in [5.41, 5.74) is 0.306. The highest BCUT2D eigenvalue weighted by atomic mass is 16.6. The molecule has 2 unspecified atom stereocenters. The zero-order valence-electron chi connectivity index (χ0n) is 11.9. The van der Waals surface area contributed by atoms with Gasteiger partial charge in [0.05, 0.1) is 11.7 Å². The lowest BCUT2D eigenvalue weighted by molar-refractivity contribution is -0.143. The standard InChI is InChI=1S/C15H17NO6/c17-8-2-4-14(18)21-10-12-5-6-13(22-12)16-7-1-3-11(9-16)15(19)20/h1-2,4,7-9,12-13H,3,5-6,10H2,(H,19,20)/b4-2+. The Morgan fingerprint density at radius 1 is 1.45 bits per heavy atom. The average Bonchev–Trinajstić information content (AvgIpc) is 3.00. The van der Waals surface area contributed by atoms with Gasteiger partial charge in [0.1, 0.15) is 19.1 Å². The molecule has 1 saturated heterocycles. The van der Waals surface area contributed by atoms with Crippen LogP contribution in [0.5, 0.6) is 0 Å². The maximum atomic E-state index is 11.2. The van der Waals surface area contributed by atoms with Crippen molar-refractivity contribution >= 4 is 18.2 Å². The topological polar surface area (TPSA) is 93.1 Å². The van der Waals surface area contributed by atoms with E-state index >= 15 is 0 Å². The summed E-state index contributed by atoms with van der Waals surface area (Å²) in [5.74, 6) is -1.54. The van der Waals surface area contributed by atoms with Crippen molar-refractivity contribution in [2.75, 3.05) is 6.61 Å². The van der Waals surface area contributed by atoms with E-state index in [-0.39, 0.29) is 18.9 Å². The van der Waals surface area contributed by atoms with Crippen LogP contribution in [0.2, 0.25) is 0 Å². The van der Waals surface area contributed by atoms with Gasteiger partial charge in [-0.2, -0.15) is 0 Å². The summed E-state index contributed by atoms with van der Waals surface area (Å²) < 4.78 is 10.7. The molecule has 0 amide bonds. The van der Waals surface area contributed by atoms with Gasteiger partial charge in [0, 0.05) is 24.9 Å². The molecule has 2 heterocycles. The minimum absolute atomic E-state index is 0.103. The first-order valence-corrected chi connectivity index (χ1v) is 6.92. The summed E-state index contributed by atoms with van der Waals surface area (Å²) in [6.07, 6.45) is 9.04. The van der Waals surface area contributed by atoms with Crippen molar-refractivity contribution in [3.63, 3.8) is 0 Å². The van der Waals surface area contributed by atoms with E-state index in [1.54, 1.807) is 23.4 Å². The maximum Gasteiger partial charge on any atom is 0.333 e. The highest BCUT2D eigenvalue weighted by Crippen LogP contribution is 2.26. The number of allylic oxidation sites excluding steroid dienone is 2. The van der Waals surface area contributed by atoms with Crippen LogP contribution in [0, 0.1) is 0 Å². The molecule has 7 heteroatoms. The molecule has 2 aliphatic rings. The molecule has 0 bridgehead atoms. The Balaban J connectivity index is 1.82. The Morgan fingerprint density at radius 2 is 2.27 bits per heavy atom. The normalized spacial score (nSPS) is 24.4. The lowest BCUT2D eigenvalue weighted by atomic mass is 10.1. The zero-order chi connectivity index (χ0) is 15.9. The van der Waals surface area contributed by atoms with Crippen LogP contribution in [0.4, 0.5) is 0 Å². The Hall–Kier alpha value is -2.41. The largest absolute Gasteiger partial charge is 0.478 e. The molecule has 1 fully saturated rings. The van der Waals surface area contributed by atoms with E-state index in [9.17, 15) is 14.4 Å². The van der Waals surface area contributed by atoms with Gasteiger partial charge in [-0.05, 0) is 18.9 Å². The molecule has 0 aromatic carbocycles. The fourth-order valence-electron chi connectivity index (χ4n) is 2.27. The van der Waals surface area contributed by atoms with Crippen LogP contribution in [0.3, 0.4) is 0 Å². The van der Waals surface area contributed by atoms with E-state index in [0.29, 0.717) is 31.1 Å². The van der Waals surface area contributed by atoms with Crippen molar-refractivity contribution in [2.24, 2.45) is 0 Å². The van der Waals surface area contributed by atoms with E-state index in [4.69, 9.17) is 14.6 Å². The monoisotopic (exact) mass is 307 g/mol. The third-order valence-corrected chi connectivity index (χ3v) is 3.33. The predicted molar refractivity (Wildman–Crippen MR) is 75.4 cm³/mol. The number of carbonyl (C=O) groups excluding carboxylic acids is 2. The second-order valence-corrected chi connectivity index (χ2v) is 4.91. The number of hydrogen-bond donors (Lipinski definition) is 1. The highest BCUT2D eigenvalue weighted by Gasteiger charge is 2.30. The number of esters is 1. The first-order valence-electron chi connectivity index (χ1n) is 6.92. The molecule has 1 N–H and O–H groups in total. The van der Waals surface area contributed by atoms with Crippen LogP contribution < -0.4 is 0 Å². The summed E-state index contributed by atoms with van der Waals surface area (Å²) in [7, 11) is 0. The van der Waals surface area contributed by atoms with Gasteiger partial charge in [-0.25, -0.2) is 9.59 Å². The second-order valence-electron chi connectivity index (χ2n) is 4.91. The number of carboxylic acid groups (broad SMARTS) is 1. The summed E-state index contributed by atoms with van der Waals surface area (Å²) in [6.45, 7) is 0.103. The molecule has 7 nitrogen and oxygen atoms in total. The Bertz CT molecular complexity index is 536.